The van der Waals surface area contributed by atoms with Crippen LogP contribution in [0.2, 0.25) is 5.02 Å². The molecule has 2 heterocycles. The Balaban J connectivity index is 1.93. The molecular weight excluding hydrogens is 284 g/mol. The van der Waals surface area contributed by atoms with Crippen LogP contribution in [0.5, 0.6) is 0 Å². The van der Waals surface area contributed by atoms with Gasteiger partial charge in [-0.3, -0.25) is 9.78 Å². The van der Waals surface area contributed by atoms with Crippen LogP contribution >= 0.6 is 23.3 Å². The first kappa shape index (κ1) is 12.0. The fourth-order valence-electron chi connectivity index (χ4n) is 1.62. The zero-order valence-electron chi connectivity index (χ0n) is 9.50. The summed E-state index contributed by atoms with van der Waals surface area (Å²) in [5.74, 6) is -0.331. The summed E-state index contributed by atoms with van der Waals surface area (Å²) in [5, 5.41) is 3.23. The van der Waals surface area contributed by atoms with Gasteiger partial charge in [0.25, 0.3) is 5.91 Å². The number of halogens is 1. The van der Waals surface area contributed by atoms with E-state index in [1.165, 1.54) is 12.3 Å². The molecule has 3 rings (SSSR count). The molecule has 0 saturated carbocycles. The quantitative estimate of drug-likeness (QED) is 0.788. The molecule has 2 aromatic heterocycles. The summed E-state index contributed by atoms with van der Waals surface area (Å²) in [6, 6.07) is 8.54. The Morgan fingerprint density at radius 1 is 1.26 bits per heavy atom. The molecule has 0 aliphatic heterocycles. The van der Waals surface area contributed by atoms with E-state index in [-0.39, 0.29) is 11.6 Å². The van der Waals surface area contributed by atoms with Gasteiger partial charge in [0.2, 0.25) is 0 Å². The number of carbonyl (C=O) groups is 1. The lowest BCUT2D eigenvalue weighted by molar-refractivity contribution is 0.102. The summed E-state index contributed by atoms with van der Waals surface area (Å²) >= 11 is 6.93. The maximum Gasteiger partial charge on any atom is 0.274 e. The molecule has 0 saturated heterocycles. The average Bonchev–Trinajstić information content (AvgIpc) is 2.88. The van der Waals surface area contributed by atoms with Crippen molar-refractivity contribution >= 4 is 46.0 Å². The van der Waals surface area contributed by atoms with Gasteiger partial charge in [-0.25, -0.2) is 0 Å². The molecule has 3 aromatic rings. The van der Waals surface area contributed by atoms with Crippen molar-refractivity contribution in [2.45, 2.75) is 0 Å². The Labute approximate surface area is 117 Å². The summed E-state index contributed by atoms with van der Waals surface area (Å²) in [7, 11) is 0. The molecule has 5 nitrogen and oxygen atoms in total. The van der Waals surface area contributed by atoms with E-state index < -0.39 is 0 Å². The number of amides is 1. The smallest absolute Gasteiger partial charge is 0.274 e. The minimum atomic E-state index is -0.331. The van der Waals surface area contributed by atoms with Crippen molar-refractivity contribution in [1.29, 1.82) is 0 Å². The van der Waals surface area contributed by atoms with E-state index in [1.54, 1.807) is 12.1 Å². The maximum absolute atomic E-state index is 12.1. The Bertz CT molecular complexity index is 758. The molecule has 1 amide bonds. The zero-order chi connectivity index (χ0) is 13.2. The van der Waals surface area contributed by atoms with Crippen molar-refractivity contribution < 1.29 is 4.79 Å². The Hall–Kier alpha value is -2.05. The Morgan fingerprint density at radius 3 is 3.00 bits per heavy atom. The first-order valence-electron chi connectivity index (χ1n) is 5.38. The number of fused-ring (bicyclic) bond motifs is 1. The molecule has 0 bridgehead atoms. The number of hydrogen-bond donors (Lipinski definition) is 1. The number of benzene rings is 1. The molecule has 0 spiro atoms. The number of aromatic nitrogens is 3. The molecule has 0 radical (unpaired) electrons. The van der Waals surface area contributed by atoms with Crippen molar-refractivity contribution in [2.75, 3.05) is 5.32 Å². The third-order valence-corrected chi connectivity index (χ3v) is 3.27. The largest absolute Gasteiger partial charge is 0.319 e. The van der Waals surface area contributed by atoms with E-state index in [1.807, 2.05) is 12.1 Å². The van der Waals surface area contributed by atoms with Crippen LogP contribution in [0.3, 0.4) is 0 Å². The highest BCUT2D eigenvalue weighted by Gasteiger charge is 2.11. The third-order valence-electron chi connectivity index (χ3n) is 2.49. The molecule has 1 N–H and O–H groups in total. The van der Waals surface area contributed by atoms with Gasteiger partial charge in [-0.2, -0.15) is 8.75 Å². The molecule has 0 unspecified atom stereocenters. The predicted octanol–water partition coefficient (Wildman–Crippen LogP) is 2.99. The van der Waals surface area contributed by atoms with Gasteiger partial charge in [-0.05, 0) is 24.3 Å². The van der Waals surface area contributed by atoms with Gasteiger partial charge >= 0.3 is 0 Å². The van der Waals surface area contributed by atoms with Gasteiger partial charge < -0.3 is 5.32 Å². The first-order valence-corrected chi connectivity index (χ1v) is 6.49. The minimum Gasteiger partial charge on any atom is -0.319 e. The van der Waals surface area contributed by atoms with Crippen molar-refractivity contribution in [3.63, 3.8) is 0 Å². The van der Waals surface area contributed by atoms with Gasteiger partial charge in [-0.1, -0.05) is 17.7 Å². The molecule has 0 fully saturated rings. The Morgan fingerprint density at radius 2 is 2.16 bits per heavy atom. The van der Waals surface area contributed by atoms with Crippen molar-refractivity contribution in [3.8, 4) is 0 Å². The highest BCUT2D eigenvalue weighted by atomic mass is 35.5. The lowest BCUT2D eigenvalue weighted by Gasteiger charge is -2.04. The number of hydrogen-bond acceptors (Lipinski definition) is 5. The second-order valence-corrected chi connectivity index (χ2v) is 4.72. The van der Waals surface area contributed by atoms with Crippen LogP contribution in [0.25, 0.3) is 11.0 Å². The lowest BCUT2D eigenvalue weighted by atomic mass is 10.2. The molecule has 1 aromatic carbocycles. The van der Waals surface area contributed by atoms with Crippen LogP contribution in [0.4, 0.5) is 5.69 Å². The van der Waals surface area contributed by atoms with Gasteiger partial charge in [0.1, 0.15) is 16.7 Å². The summed E-state index contributed by atoms with van der Waals surface area (Å²) in [4.78, 5) is 16.0. The van der Waals surface area contributed by atoms with Gasteiger partial charge in [0, 0.05) is 11.2 Å². The normalized spacial score (nSPS) is 10.6. The molecule has 0 aliphatic rings. The molecule has 7 heteroatoms. The minimum absolute atomic E-state index is 0.257. The standard InChI is InChI=1S/C12H7ClN4OS/c13-7-4-5-14-10(6-7)12(18)15-8-2-1-3-9-11(8)17-19-16-9/h1-6H,(H,15,18). The highest BCUT2D eigenvalue weighted by molar-refractivity contribution is 7.00. The topological polar surface area (TPSA) is 67.8 Å². The van der Waals surface area contributed by atoms with E-state index in [9.17, 15) is 4.79 Å². The van der Waals surface area contributed by atoms with Gasteiger partial charge in [0.05, 0.1) is 17.4 Å². The molecular formula is C12H7ClN4OS. The van der Waals surface area contributed by atoms with Crippen LogP contribution in [-0.4, -0.2) is 19.6 Å². The molecule has 19 heavy (non-hydrogen) atoms. The maximum atomic E-state index is 12.1. The third kappa shape index (κ3) is 2.40. The highest BCUT2D eigenvalue weighted by Crippen LogP contribution is 2.21. The van der Waals surface area contributed by atoms with E-state index in [4.69, 9.17) is 11.6 Å². The monoisotopic (exact) mass is 290 g/mol. The van der Waals surface area contributed by atoms with Crippen molar-refractivity contribution in [2.24, 2.45) is 0 Å². The average molecular weight is 291 g/mol. The number of nitrogens with zero attached hydrogens (tertiary/aromatic N) is 3. The van der Waals surface area contributed by atoms with Crippen LogP contribution < -0.4 is 5.32 Å². The molecule has 0 aliphatic carbocycles. The van der Waals surface area contributed by atoms with Crippen LogP contribution in [-0.2, 0) is 0 Å². The SMILES string of the molecule is O=C(Nc1cccc2nsnc12)c1cc(Cl)ccn1. The Kier molecular flexibility index (Phi) is 3.10. The summed E-state index contributed by atoms with van der Waals surface area (Å²) in [5.41, 5.74) is 2.29. The van der Waals surface area contributed by atoms with E-state index in [0.29, 0.717) is 16.2 Å². The summed E-state index contributed by atoms with van der Waals surface area (Å²) < 4.78 is 8.27. The van der Waals surface area contributed by atoms with Gasteiger partial charge in [0.15, 0.2) is 0 Å². The lowest BCUT2D eigenvalue weighted by Crippen LogP contribution is -2.13. The number of nitrogens with one attached hydrogen (secondary N) is 1. The number of carbonyl (C=O) groups excluding carboxylic acids is 1. The van der Waals surface area contributed by atoms with E-state index in [2.05, 4.69) is 19.0 Å². The van der Waals surface area contributed by atoms with E-state index >= 15 is 0 Å². The second-order valence-electron chi connectivity index (χ2n) is 3.75. The number of pyridine rings is 1. The second kappa shape index (κ2) is 4.91. The van der Waals surface area contributed by atoms with E-state index in [0.717, 1.165) is 17.2 Å². The van der Waals surface area contributed by atoms with Crippen molar-refractivity contribution in [1.82, 2.24) is 13.7 Å². The van der Waals surface area contributed by atoms with Gasteiger partial charge in [-0.15, -0.1) is 0 Å². The van der Waals surface area contributed by atoms with Crippen LogP contribution in [0, 0.1) is 0 Å². The number of rotatable bonds is 2. The van der Waals surface area contributed by atoms with Crippen LogP contribution in [0.1, 0.15) is 10.5 Å². The summed E-state index contributed by atoms with van der Waals surface area (Å²) in [6.07, 6.45) is 1.49. The fourth-order valence-corrected chi connectivity index (χ4v) is 2.33. The molecule has 0 atom stereocenters. The predicted molar refractivity (Wildman–Crippen MR) is 74.6 cm³/mol. The van der Waals surface area contributed by atoms with Crippen LogP contribution in [0.15, 0.2) is 36.5 Å². The molecule has 94 valence electrons. The summed E-state index contributed by atoms with van der Waals surface area (Å²) in [6.45, 7) is 0. The van der Waals surface area contributed by atoms with Crippen molar-refractivity contribution in [3.05, 3.63) is 47.2 Å². The first-order chi connectivity index (χ1) is 9.24. The number of anilines is 1. The zero-order valence-corrected chi connectivity index (χ0v) is 11.1. The fraction of sp³-hybridized carbons (Fsp3) is 0.